The van der Waals surface area contributed by atoms with Crippen LogP contribution in [0.5, 0.6) is 0 Å². The summed E-state index contributed by atoms with van der Waals surface area (Å²) in [6, 6.07) is 7.03. The number of hydrogen-bond donors (Lipinski definition) is 1. The van der Waals surface area contributed by atoms with Gasteiger partial charge < -0.3 is 14.8 Å². The molecule has 1 aromatic carbocycles. The minimum absolute atomic E-state index is 0.138. The Labute approximate surface area is 176 Å². The van der Waals surface area contributed by atoms with Crippen LogP contribution in [0.4, 0.5) is 10.3 Å². The first kappa shape index (κ1) is 19.8. The van der Waals surface area contributed by atoms with Crippen molar-refractivity contribution in [1.82, 2.24) is 14.9 Å². The SMILES string of the molecule is Fc1ccccc1CN1CCC2(COCc3cnc(NCC4CCOCC4)nc32)C1. The second kappa shape index (κ2) is 8.57. The van der Waals surface area contributed by atoms with Crippen LogP contribution in [0, 0.1) is 11.7 Å². The van der Waals surface area contributed by atoms with Crippen molar-refractivity contribution in [2.24, 2.45) is 5.92 Å². The third-order valence-corrected chi connectivity index (χ3v) is 6.68. The topological polar surface area (TPSA) is 59.5 Å². The Bertz CT molecular complexity index is 889. The van der Waals surface area contributed by atoms with Crippen LogP contribution in [-0.4, -0.2) is 54.3 Å². The molecule has 0 bridgehead atoms. The van der Waals surface area contributed by atoms with Crippen molar-refractivity contribution in [3.8, 4) is 0 Å². The van der Waals surface area contributed by atoms with E-state index in [0.29, 0.717) is 31.6 Å². The maximum Gasteiger partial charge on any atom is 0.222 e. The van der Waals surface area contributed by atoms with Gasteiger partial charge in [-0.05, 0) is 37.8 Å². The van der Waals surface area contributed by atoms with Gasteiger partial charge in [-0.3, -0.25) is 4.90 Å². The molecule has 0 saturated carbocycles. The lowest BCUT2D eigenvalue weighted by Gasteiger charge is -2.34. The Balaban J connectivity index is 1.31. The maximum atomic E-state index is 14.1. The van der Waals surface area contributed by atoms with E-state index in [9.17, 15) is 4.39 Å². The molecule has 0 amide bonds. The zero-order valence-corrected chi connectivity index (χ0v) is 17.3. The molecule has 0 radical (unpaired) electrons. The van der Waals surface area contributed by atoms with Crippen molar-refractivity contribution in [1.29, 1.82) is 0 Å². The Morgan fingerprint density at radius 3 is 2.93 bits per heavy atom. The van der Waals surface area contributed by atoms with Crippen molar-refractivity contribution in [3.63, 3.8) is 0 Å². The molecule has 30 heavy (non-hydrogen) atoms. The summed E-state index contributed by atoms with van der Waals surface area (Å²) in [5, 5.41) is 3.45. The van der Waals surface area contributed by atoms with E-state index in [1.54, 1.807) is 6.07 Å². The summed E-state index contributed by atoms with van der Waals surface area (Å²) in [6.07, 6.45) is 5.04. The van der Waals surface area contributed by atoms with E-state index < -0.39 is 0 Å². The van der Waals surface area contributed by atoms with Crippen LogP contribution in [0.25, 0.3) is 0 Å². The molecular formula is C23H29FN4O2. The van der Waals surface area contributed by atoms with Crippen LogP contribution in [-0.2, 0) is 28.0 Å². The number of benzene rings is 1. The molecule has 1 aromatic heterocycles. The maximum absolute atomic E-state index is 14.1. The van der Waals surface area contributed by atoms with Gasteiger partial charge >= 0.3 is 0 Å². The first-order valence-corrected chi connectivity index (χ1v) is 10.9. The van der Waals surface area contributed by atoms with E-state index in [1.165, 1.54) is 6.07 Å². The molecule has 3 aliphatic rings. The molecule has 4 heterocycles. The minimum atomic E-state index is -0.142. The number of aromatic nitrogens is 2. The first-order valence-electron chi connectivity index (χ1n) is 10.9. The van der Waals surface area contributed by atoms with Crippen molar-refractivity contribution in [3.05, 3.63) is 53.1 Å². The molecule has 160 valence electrons. The van der Waals surface area contributed by atoms with E-state index in [1.807, 2.05) is 18.3 Å². The first-order chi connectivity index (χ1) is 14.7. The minimum Gasteiger partial charge on any atom is -0.381 e. The summed E-state index contributed by atoms with van der Waals surface area (Å²) in [5.41, 5.74) is 2.78. The molecule has 3 aliphatic heterocycles. The second-order valence-electron chi connectivity index (χ2n) is 8.83. The van der Waals surface area contributed by atoms with Gasteiger partial charge in [-0.1, -0.05) is 18.2 Å². The summed E-state index contributed by atoms with van der Waals surface area (Å²) in [4.78, 5) is 11.8. The highest BCUT2D eigenvalue weighted by Gasteiger charge is 2.45. The quantitative estimate of drug-likeness (QED) is 0.814. The molecule has 1 atom stereocenters. The zero-order chi connectivity index (χ0) is 20.4. The normalized spacial score (nSPS) is 24.8. The number of nitrogens with zero attached hydrogens (tertiary/aromatic N) is 3. The third-order valence-electron chi connectivity index (χ3n) is 6.68. The third kappa shape index (κ3) is 4.06. The number of anilines is 1. The van der Waals surface area contributed by atoms with Gasteiger partial charge in [-0.2, -0.15) is 0 Å². The Morgan fingerprint density at radius 1 is 1.20 bits per heavy atom. The Morgan fingerprint density at radius 2 is 2.07 bits per heavy atom. The largest absolute Gasteiger partial charge is 0.381 e. The molecule has 2 saturated heterocycles. The van der Waals surface area contributed by atoms with Crippen LogP contribution in [0.2, 0.25) is 0 Å². The Hall–Kier alpha value is -2.09. The molecule has 1 unspecified atom stereocenters. The van der Waals surface area contributed by atoms with Crippen molar-refractivity contribution >= 4 is 5.95 Å². The monoisotopic (exact) mass is 412 g/mol. The van der Waals surface area contributed by atoms with Crippen molar-refractivity contribution < 1.29 is 13.9 Å². The lowest BCUT2D eigenvalue weighted by molar-refractivity contribution is 0.0502. The Kier molecular flexibility index (Phi) is 5.67. The lowest BCUT2D eigenvalue weighted by Crippen LogP contribution is -2.40. The number of nitrogens with one attached hydrogen (secondary N) is 1. The number of likely N-dealkylation sites (tertiary alicyclic amines) is 1. The zero-order valence-electron chi connectivity index (χ0n) is 17.3. The highest BCUT2D eigenvalue weighted by Crippen LogP contribution is 2.39. The number of hydrogen-bond acceptors (Lipinski definition) is 6. The lowest BCUT2D eigenvalue weighted by atomic mass is 9.80. The number of rotatable bonds is 5. The summed E-state index contributed by atoms with van der Waals surface area (Å²) in [6.45, 7) is 6.13. The fourth-order valence-corrected chi connectivity index (χ4v) is 4.94. The highest BCUT2D eigenvalue weighted by atomic mass is 19.1. The number of halogens is 1. The molecule has 6 nitrogen and oxygen atoms in total. The molecule has 1 spiro atoms. The van der Waals surface area contributed by atoms with Crippen LogP contribution in [0.15, 0.2) is 30.5 Å². The van der Waals surface area contributed by atoms with E-state index in [-0.39, 0.29) is 11.2 Å². The average Bonchev–Trinajstić information content (AvgIpc) is 3.18. The van der Waals surface area contributed by atoms with E-state index >= 15 is 0 Å². The predicted molar refractivity (Wildman–Crippen MR) is 112 cm³/mol. The molecule has 7 heteroatoms. The van der Waals surface area contributed by atoms with Crippen molar-refractivity contribution in [2.45, 2.75) is 37.8 Å². The van der Waals surface area contributed by atoms with Gasteiger partial charge in [0.1, 0.15) is 5.82 Å². The molecule has 5 rings (SSSR count). The van der Waals surface area contributed by atoms with E-state index in [0.717, 1.165) is 68.9 Å². The van der Waals surface area contributed by atoms with E-state index in [4.69, 9.17) is 14.5 Å². The average molecular weight is 413 g/mol. The van der Waals surface area contributed by atoms with Crippen molar-refractivity contribution in [2.75, 3.05) is 44.8 Å². The standard InChI is InChI=1S/C23H29FN4O2/c24-20-4-2-1-3-18(20)13-28-8-7-23(15-28)16-30-14-19-12-26-22(27-21(19)23)25-11-17-5-9-29-10-6-17/h1-4,12,17H,5-11,13-16H2,(H,25,26,27). The van der Waals surface area contributed by atoms with Gasteiger partial charge in [0.2, 0.25) is 5.95 Å². The molecule has 0 aliphatic carbocycles. The van der Waals surface area contributed by atoms with Crippen LogP contribution in [0.1, 0.15) is 36.1 Å². The van der Waals surface area contributed by atoms with Gasteiger partial charge in [0, 0.05) is 50.2 Å². The van der Waals surface area contributed by atoms with Crippen LogP contribution >= 0.6 is 0 Å². The summed E-state index contributed by atoms with van der Waals surface area (Å²) in [7, 11) is 0. The number of ether oxygens (including phenoxy) is 2. The fraction of sp³-hybridized carbons (Fsp3) is 0.565. The van der Waals surface area contributed by atoms with Gasteiger partial charge in [0.25, 0.3) is 0 Å². The molecule has 2 fully saturated rings. The molecule has 2 aromatic rings. The van der Waals surface area contributed by atoms with Gasteiger partial charge in [0.15, 0.2) is 0 Å². The van der Waals surface area contributed by atoms with Crippen LogP contribution in [0.3, 0.4) is 0 Å². The van der Waals surface area contributed by atoms with E-state index in [2.05, 4.69) is 15.2 Å². The summed E-state index contributed by atoms with van der Waals surface area (Å²) in [5.74, 6) is 1.17. The molecular weight excluding hydrogens is 383 g/mol. The second-order valence-corrected chi connectivity index (χ2v) is 8.83. The molecule has 1 N–H and O–H groups in total. The summed E-state index contributed by atoms with van der Waals surface area (Å²) < 4.78 is 25.5. The fourth-order valence-electron chi connectivity index (χ4n) is 4.94. The predicted octanol–water partition coefficient (Wildman–Crippen LogP) is 3.13. The van der Waals surface area contributed by atoms with Gasteiger partial charge in [-0.25, -0.2) is 14.4 Å². The smallest absolute Gasteiger partial charge is 0.222 e. The van der Waals surface area contributed by atoms with Gasteiger partial charge in [0.05, 0.1) is 24.3 Å². The van der Waals surface area contributed by atoms with Gasteiger partial charge in [-0.15, -0.1) is 0 Å². The van der Waals surface area contributed by atoms with Crippen LogP contribution < -0.4 is 5.32 Å². The number of fused-ring (bicyclic) bond motifs is 2. The summed E-state index contributed by atoms with van der Waals surface area (Å²) >= 11 is 0. The highest BCUT2D eigenvalue weighted by molar-refractivity contribution is 5.36.